The zero-order chi connectivity index (χ0) is 12.2. The smallest absolute Gasteiger partial charge is 0.336 e. The average molecular weight is 238 g/mol. The van der Waals surface area contributed by atoms with Crippen molar-refractivity contribution < 1.29 is 24.2 Å². The minimum atomic E-state index is -0.593. The van der Waals surface area contributed by atoms with Gasteiger partial charge in [0.2, 0.25) is 0 Å². The molecule has 0 aromatic rings. The third-order valence-electron chi connectivity index (χ3n) is 4.14. The number of ether oxygens (including phenoxy) is 2. The summed E-state index contributed by atoms with van der Waals surface area (Å²) in [7, 11) is 0. The minimum Gasteiger partial charge on any atom is -0.458 e. The lowest BCUT2D eigenvalue weighted by Crippen LogP contribution is -2.36. The van der Waals surface area contributed by atoms with Gasteiger partial charge < -0.3 is 14.6 Å². The Morgan fingerprint density at radius 1 is 1.53 bits per heavy atom. The zero-order valence-electron chi connectivity index (χ0n) is 9.30. The summed E-state index contributed by atoms with van der Waals surface area (Å²) in [6, 6.07) is 0. The van der Waals surface area contributed by atoms with Crippen LogP contribution < -0.4 is 0 Å². The molecule has 0 aromatic heterocycles. The van der Waals surface area contributed by atoms with Crippen molar-refractivity contribution in [2.45, 2.75) is 25.0 Å². The van der Waals surface area contributed by atoms with E-state index in [0.29, 0.717) is 0 Å². The maximum absolute atomic E-state index is 11.5. The number of fused-ring (bicyclic) bond motifs is 1. The van der Waals surface area contributed by atoms with Gasteiger partial charge in [0, 0.05) is 11.8 Å². The van der Waals surface area contributed by atoms with E-state index in [1.165, 1.54) is 0 Å². The fourth-order valence-electron chi connectivity index (χ4n) is 3.34. The molecule has 3 rings (SSSR count). The van der Waals surface area contributed by atoms with Crippen LogP contribution in [0.4, 0.5) is 0 Å². The maximum Gasteiger partial charge on any atom is 0.336 e. The molecule has 2 bridgehead atoms. The van der Waals surface area contributed by atoms with Crippen molar-refractivity contribution in [3.8, 4) is 0 Å². The number of hydrogen-bond donors (Lipinski definition) is 1. The Balaban J connectivity index is 1.72. The molecule has 5 nitrogen and oxygen atoms in total. The van der Waals surface area contributed by atoms with E-state index in [0.717, 1.165) is 12.8 Å². The van der Waals surface area contributed by atoms with Crippen LogP contribution in [-0.2, 0) is 19.1 Å². The second-order valence-electron chi connectivity index (χ2n) is 5.03. The van der Waals surface area contributed by atoms with Crippen LogP contribution in [0.3, 0.4) is 0 Å². The van der Waals surface area contributed by atoms with E-state index in [-0.39, 0.29) is 41.5 Å². The van der Waals surface area contributed by atoms with Gasteiger partial charge in [-0.25, -0.2) is 4.79 Å². The molecule has 0 radical (unpaired) electrons. The molecular formula is C12H14O5. The summed E-state index contributed by atoms with van der Waals surface area (Å²) in [5.41, 5.74) is 0.0358. The Hall–Kier alpha value is -1.36. The topological polar surface area (TPSA) is 72.8 Å². The third-order valence-corrected chi connectivity index (χ3v) is 4.14. The molecule has 17 heavy (non-hydrogen) atoms. The standard InChI is InChI=1S/C12H14O5/c1-5(4-13)11(14)16-9-6-2-7-8(3-6)12(15)17-10(7)9/h6-10,13H,1-4H2/t6?,7?,8-,9?,10?/m0/s1. The number of hydrogen-bond acceptors (Lipinski definition) is 5. The second-order valence-corrected chi connectivity index (χ2v) is 5.03. The van der Waals surface area contributed by atoms with Crippen LogP contribution in [0, 0.1) is 17.8 Å². The van der Waals surface area contributed by atoms with E-state index in [1.54, 1.807) is 0 Å². The Labute approximate surface area is 98.4 Å². The van der Waals surface area contributed by atoms with Crippen molar-refractivity contribution in [1.29, 1.82) is 0 Å². The SMILES string of the molecule is C=C(CO)C(=O)OC1C2CC3C1OC(=O)[C@H]3C2. The number of rotatable bonds is 3. The van der Waals surface area contributed by atoms with Gasteiger partial charge in [-0.15, -0.1) is 0 Å². The van der Waals surface area contributed by atoms with Crippen molar-refractivity contribution in [1.82, 2.24) is 0 Å². The van der Waals surface area contributed by atoms with Crippen molar-refractivity contribution in [2.75, 3.05) is 6.61 Å². The molecule has 0 spiro atoms. The molecule has 1 heterocycles. The van der Waals surface area contributed by atoms with Crippen LogP contribution >= 0.6 is 0 Å². The highest BCUT2D eigenvalue weighted by Gasteiger charge is 2.63. The monoisotopic (exact) mass is 238 g/mol. The first kappa shape index (κ1) is 10.8. The zero-order valence-corrected chi connectivity index (χ0v) is 9.30. The normalized spacial score (nSPS) is 41.5. The molecule has 0 amide bonds. The molecule has 5 atom stereocenters. The first-order chi connectivity index (χ1) is 8.11. The van der Waals surface area contributed by atoms with Crippen molar-refractivity contribution in [2.24, 2.45) is 17.8 Å². The Morgan fingerprint density at radius 3 is 3.00 bits per heavy atom. The van der Waals surface area contributed by atoms with Crippen LogP contribution in [0.1, 0.15) is 12.8 Å². The van der Waals surface area contributed by atoms with E-state index in [9.17, 15) is 9.59 Å². The lowest BCUT2D eigenvalue weighted by Gasteiger charge is -2.25. The highest BCUT2D eigenvalue weighted by atomic mass is 16.6. The first-order valence-corrected chi connectivity index (χ1v) is 5.82. The number of carbonyl (C=O) groups is 2. The quantitative estimate of drug-likeness (QED) is 0.554. The predicted octanol–water partition coefficient (Wildman–Crippen LogP) is 0.0281. The van der Waals surface area contributed by atoms with Crippen LogP contribution in [0.2, 0.25) is 0 Å². The van der Waals surface area contributed by atoms with Gasteiger partial charge in [-0.3, -0.25) is 4.79 Å². The molecule has 3 fully saturated rings. The van der Waals surface area contributed by atoms with E-state index >= 15 is 0 Å². The van der Waals surface area contributed by atoms with Crippen LogP contribution in [0.25, 0.3) is 0 Å². The van der Waals surface area contributed by atoms with E-state index in [2.05, 4.69) is 6.58 Å². The molecule has 2 aliphatic carbocycles. The molecule has 2 saturated carbocycles. The van der Waals surface area contributed by atoms with Gasteiger partial charge in [-0.1, -0.05) is 6.58 Å². The summed E-state index contributed by atoms with van der Waals surface area (Å²) >= 11 is 0. The lowest BCUT2D eigenvalue weighted by molar-refractivity contribution is -0.158. The predicted molar refractivity (Wildman–Crippen MR) is 55.7 cm³/mol. The van der Waals surface area contributed by atoms with Gasteiger partial charge in [-0.2, -0.15) is 0 Å². The summed E-state index contributed by atoms with van der Waals surface area (Å²) in [4.78, 5) is 23.0. The fraction of sp³-hybridized carbons (Fsp3) is 0.667. The number of esters is 2. The highest BCUT2D eigenvalue weighted by Crippen LogP contribution is 2.55. The van der Waals surface area contributed by atoms with Gasteiger partial charge in [0.1, 0.15) is 12.2 Å². The van der Waals surface area contributed by atoms with Crippen molar-refractivity contribution in [3.63, 3.8) is 0 Å². The minimum absolute atomic E-state index is 0.0148. The van der Waals surface area contributed by atoms with Crippen LogP contribution in [-0.4, -0.2) is 35.9 Å². The highest BCUT2D eigenvalue weighted by molar-refractivity contribution is 5.88. The van der Waals surface area contributed by atoms with E-state index < -0.39 is 12.6 Å². The molecule has 1 N–H and O–H groups in total. The maximum atomic E-state index is 11.5. The number of aliphatic hydroxyl groups is 1. The number of aliphatic hydroxyl groups excluding tert-OH is 1. The summed E-state index contributed by atoms with van der Waals surface area (Å²) in [5, 5.41) is 8.80. The Bertz CT molecular complexity index is 402. The first-order valence-electron chi connectivity index (χ1n) is 5.82. The molecule has 1 saturated heterocycles. The third kappa shape index (κ3) is 1.42. The Kier molecular flexibility index (Phi) is 2.26. The molecule has 1 aliphatic heterocycles. The van der Waals surface area contributed by atoms with E-state index in [4.69, 9.17) is 14.6 Å². The molecular weight excluding hydrogens is 224 g/mol. The second kappa shape index (κ2) is 3.57. The number of carbonyl (C=O) groups excluding carboxylic acids is 2. The van der Waals surface area contributed by atoms with Crippen LogP contribution in [0.15, 0.2) is 12.2 Å². The Morgan fingerprint density at radius 2 is 2.29 bits per heavy atom. The van der Waals surface area contributed by atoms with Gasteiger partial charge in [0.05, 0.1) is 18.1 Å². The average Bonchev–Trinajstić information content (AvgIpc) is 2.92. The van der Waals surface area contributed by atoms with E-state index in [1.807, 2.05) is 0 Å². The molecule has 4 unspecified atom stereocenters. The van der Waals surface area contributed by atoms with Gasteiger partial charge in [0.25, 0.3) is 0 Å². The van der Waals surface area contributed by atoms with Crippen LogP contribution in [0.5, 0.6) is 0 Å². The van der Waals surface area contributed by atoms with Crippen molar-refractivity contribution in [3.05, 3.63) is 12.2 Å². The van der Waals surface area contributed by atoms with Crippen molar-refractivity contribution >= 4 is 11.9 Å². The molecule has 92 valence electrons. The summed E-state index contributed by atoms with van der Waals surface area (Å²) in [6.07, 6.45) is 1.02. The van der Waals surface area contributed by atoms with Gasteiger partial charge in [0.15, 0.2) is 0 Å². The molecule has 0 aromatic carbocycles. The molecule has 5 heteroatoms. The lowest BCUT2D eigenvalue weighted by atomic mass is 9.88. The largest absolute Gasteiger partial charge is 0.458 e. The summed E-state index contributed by atoms with van der Waals surface area (Å²) < 4.78 is 10.6. The summed E-state index contributed by atoms with van der Waals surface area (Å²) in [6.45, 7) is 3.01. The summed E-state index contributed by atoms with van der Waals surface area (Å²) in [5.74, 6) is -0.294. The fourth-order valence-corrected chi connectivity index (χ4v) is 3.34. The molecule has 3 aliphatic rings. The van der Waals surface area contributed by atoms with Gasteiger partial charge >= 0.3 is 11.9 Å². The van der Waals surface area contributed by atoms with Gasteiger partial charge in [-0.05, 0) is 12.8 Å².